The van der Waals surface area contributed by atoms with Crippen LogP contribution in [0.4, 0.5) is 0 Å². The van der Waals surface area contributed by atoms with Crippen molar-refractivity contribution >= 4 is 5.78 Å². The van der Waals surface area contributed by atoms with Crippen LogP contribution in [0.15, 0.2) is 78.9 Å². The van der Waals surface area contributed by atoms with E-state index in [1.807, 2.05) is 79.7 Å². The third-order valence-electron chi connectivity index (χ3n) is 4.71. The molecule has 0 radical (unpaired) electrons. The van der Waals surface area contributed by atoms with Crippen molar-refractivity contribution in [1.82, 2.24) is 0 Å². The molecule has 26 heavy (non-hydrogen) atoms. The largest absolute Gasteiger partial charge is 0.489 e. The second kappa shape index (κ2) is 7.04. The number of rotatable bonds is 4. The van der Waals surface area contributed by atoms with Crippen molar-refractivity contribution in [3.8, 4) is 11.5 Å². The summed E-state index contributed by atoms with van der Waals surface area (Å²) in [5.41, 5.74) is 2.70. The van der Waals surface area contributed by atoms with Crippen LogP contribution in [0.3, 0.4) is 0 Å². The lowest BCUT2D eigenvalue weighted by molar-refractivity contribution is 0.0689. The van der Waals surface area contributed by atoms with Crippen LogP contribution < -0.4 is 9.47 Å². The zero-order chi connectivity index (χ0) is 17.9. The highest BCUT2D eigenvalue weighted by atomic mass is 16.5. The lowest BCUT2D eigenvalue weighted by atomic mass is 9.87. The molecule has 0 bridgehead atoms. The van der Waals surface area contributed by atoms with Crippen LogP contribution in [0.2, 0.25) is 0 Å². The second-order valence-electron chi connectivity index (χ2n) is 6.53. The summed E-state index contributed by atoms with van der Waals surface area (Å²) >= 11 is 0. The van der Waals surface area contributed by atoms with Gasteiger partial charge in [-0.25, -0.2) is 0 Å². The van der Waals surface area contributed by atoms with Crippen LogP contribution in [0, 0.1) is 5.92 Å². The highest BCUT2D eigenvalue weighted by Crippen LogP contribution is 2.39. The Labute approximate surface area is 153 Å². The van der Waals surface area contributed by atoms with Gasteiger partial charge in [-0.2, -0.15) is 0 Å². The van der Waals surface area contributed by atoms with Crippen LogP contribution in [0.25, 0.3) is 0 Å². The average molecular weight is 344 g/mol. The number of carbonyl (C=O) groups excluding carboxylic acids is 1. The van der Waals surface area contributed by atoms with E-state index in [0.29, 0.717) is 23.7 Å². The monoisotopic (exact) mass is 344 g/mol. The molecule has 2 unspecified atom stereocenters. The van der Waals surface area contributed by atoms with E-state index >= 15 is 0 Å². The van der Waals surface area contributed by atoms with E-state index in [9.17, 15) is 4.79 Å². The Bertz CT molecular complexity index is 903. The van der Waals surface area contributed by atoms with Gasteiger partial charge in [0.2, 0.25) is 0 Å². The van der Waals surface area contributed by atoms with Gasteiger partial charge < -0.3 is 9.47 Å². The van der Waals surface area contributed by atoms with Gasteiger partial charge in [0, 0.05) is 0 Å². The van der Waals surface area contributed by atoms with Gasteiger partial charge in [0.25, 0.3) is 0 Å². The highest BCUT2D eigenvalue weighted by Gasteiger charge is 2.35. The van der Waals surface area contributed by atoms with E-state index in [1.165, 1.54) is 0 Å². The molecular formula is C23H20O3. The van der Waals surface area contributed by atoms with E-state index in [2.05, 4.69) is 0 Å². The van der Waals surface area contributed by atoms with Crippen LogP contribution >= 0.6 is 0 Å². The summed E-state index contributed by atoms with van der Waals surface area (Å²) in [6.07, 6.45) is -0.257. The molecule has 4 rings (SSSR count). The van der Waals surface area contributed by atoms with E-state index < -0.39 is 0 Å². The SMILES string of the molecule is CC1C(=O)c2cc(OCc3ccccc3)ccc2OC1c1ccccc1. The summed E-state index contributed by atoms with van der Waals surface area (Å²) in [6, 6.07) is 25.3. The number of hydrogen-bond donors (Lipinski definition) is 0. The summed E-state index contributed by atoms with van der Waals surface area (Å²) in [5.74, 6) is 1.14. The predicted molar refractivity (Wildman–Crippen MR) is 101 cm³/mol. The molecule has 130 valence electrons. The number of ether oxygens (including phenoxy) is 2. The number of benzene rings is 3. The summed E-state index contributed by atoms with van der Waals surface area (Å²) in [4.78, 5) is 12.9. The van der Waals surface area contributed by atoms with Crippen LogP contribution in [-0.2, 0) is 6.61 Å². The third kappa shape index (κ3) is 3.21. The molecule has 0 aliphatic carbocycles. The lowest BCUT2D eigenvalue weighted by Gasteiger charge is -2.31. The quantitative estimate of drug-likeness (QED) is 0.651. The first-order chi connectivity index (χ1) is 12.7. The molecule has 1 aliphatic rings. The highest BCUT2D eigenvalue weighted by molar-refractivity contribution is 6.01. The van der Waals surface area contributed by atoms with Crippen molar-refractivity contribution in [2.24, 2.45) is 5.92 Å². The normalized spacial score (nSPS) is 18.7. The summed E-state index contributed by atoms with van der Waals surface area (Å²) in [5, 5.41) is 0. The van der Waals surface area contributed by atoms with Gasteiger partial charge in [-0.05, 0) is 29.3 Å². The molecule has 3 aromatic rings. The third-order valence-corrected chi connectivity index (χ3v) is 4.71. The van der Waals surface area contributed by atoms with Gasteiger partial charge in [-0.1, -0.05) is 67.6 Å². The molecule has 0 fully saturated rings. The summed E-state index contributed by atoms with van der Waals surface area (Å²) < 4.78 is 12.0. The van der Waals surface area contributed by atoms with E-state index in [-0.39, 0.29) is 17.8 Å². The fraction of sp³-hybridized carbons (Fsp3) is 0.174. The molecule has 0 saturated carbocycles. The van der Waals surface area contributed by atoms with Crippen molar-refractivity contribution in [1.29, 1.82) is 0 Å². The van der Waals surface area contributed by atoms with Crippen molar-refractivity contribution < 1.29 is 14.3 Å². The fourth-order valence-corrected chi connectivity index (χ4v) is 3.26. The van der Waals surface area contributed by atoms with Crippen molar-refractivity contribution in [2.45, 2.75) is 19.6 Å². The zero-order valence-electron chi connectivity index (χ0n) is 14.6. The number of hydrogen-bond acceptors (Lipinski definition) is 3. The standard InChI is InChI=1S/C23H20O3/c1-16-22(24)20-14-19(25-15-17-8-4-2-5-9-17)12-13-21(20)26-23(16)18-10-6-3-7-11-18/h2-14,16,23H,15H2,1H3. The Morgan fingerprint density at radius 3 is 2.35 bits per heavy atom. The van der Waals surface area contributed by atoms with Gasteiger partial charge in [-0.3, -0.25) is 4.79 Å². The molecule has 0 spiro atoms. The van der Waals surface area contributed by atoms with Crippen LogP contribution in [-0.4, -0.2) is 5.78 Å². The van der Waals surface area contributed by atoms with Gasteiger partial charge in [0.05, 0.1) is 11.5 Å². The minimum atomic E-state index is -0.257. The molecule has 3 heteroatoms. The van der Waals surface area contributed by atoms with E-state index in [1.54, 1.807) is 6.07 Å². The van der Waals surface area contributed by atoms with E-state index in [4.69, 9.17) is 9.47 Å². The molecule has 1 aliphatic heterocycles. The summed E-state index contributed by atoms with van der Waals surface area (Å²) in [6.45, 7) is 2.39. The van der Waals surface area contributed by atoms with Crippen molar-refractivity contribution in [3.05, 3.63) is 95.6 Å². The second-order valence-corrected chi connectivity index (χ2v) is 6.53. The van der Waals surface area contributed by atoms with Gasteiger partial charge in [0.15, 0.2) is 5.78 Å². The molecule has 3 aromatic carbocycles. The van der Waals surface area contributed by atoms with Gasteiger partial charge >= 0.3 is 0 Å². The first-order valence-electron chi connectivity index (χ1n) is 8.79. The first kappa shape index (κ1) is 16.4. The number of Topliss-reactive ketones (excluding diaryl/α,β-unsaturated/α-hetero) is 1. The fourth-order valence-electron chi connectivity index (χ4n) is 3.26. The Balaban J connectivity index is 1.56. The molecule has 0 amide bonds. The molecule has 0 N–H and O–H groups in total. The van der Waals surface area contributed by atoms with Crippen LogP contribution in [0.5, 0.6) is 11.5 Å². The maximum Gasteiger partial charge on any atom is 0.173 e. The maximum absolute atomic E-state index is 12.9. The molecule has 1 heterocycles. The van der Waals surface area contributed by atoms with Crippen LogP contribution in [0.1, 0.15) is 34.5 Å². The maximum atomic E-state index is 12.9. The zero-order valence-corrected chi connectivity index (χ0v) is 14.6. The minimum Gasteiger partial charge on any atom is -0.489 e. The van der Waals surface area contributed by atoms with Crippen molar-refractivity contribution in [3.63, 3.8) is 0 Å². The Morgan fingerprint density at radius 1 is 0.923 bits per heavy atom. The van der Waals surface area contributed by atoms with Gasteiger partial charge in [0.1, 0.15) is 24.2 Å². The van der Waals surface area contributed by atoms with Gasteiger partial charge in [-0.15, -0.1) is 0 Å². The predicted octanol–water partition coefficient (Wildman–Crippen LogP) is 5.22. The van der Waals surface area contributed by atoms with Crippen molar-refractivity contribution in [2.75, 3.05) is 0 Å². The smallest absolute Gasteiger partial charge is 0.173 e. The Morgan fingerprint density at radius 2 is 1.62 bits per heavy atom. The Kier molecular flexibility index (Phi) is 4.44. The first-order valence-corrected chi connectivity index (χ1v) is 8.79. The molecule has 3 nitrogen and oxygen atoms in total. The minimum absolute atomic E-state index is 0.0882. The average Bonchev–Trinajstić information content (AvgIpc) is 2.70. The number of fused-ring (bicyclic) bond motifs is 1. The summed E-state index contributed by atoms with van der Waals surface area (Å²) in [7, 11) is 0. The lowest BCUT2D eigenvalue weighted by Crippen LogP contribution is -2.29. The molecule has 0 aromatic heterocycles. The van der Waals surface area contributed by atoms with E-state index in [0.717, 1.165) is 11.1 Å². The Hall–Kier alpha value is -3.07. The molecule has 2 atom stereocenters. The molecule has 0 saturated heterocycles. The molecular weight excluding hydrogens is 324 g/mol. The number of carbonyl (C=O) groups is 1. The topological polar surface area (TPSA) is 35.5 Å². The number of ketones is 1.